The van der Waals surface area contributed by atoms with E-state index < -0.39 is 4.92 Å². The molecule has 1 amide bonds. The average Bonchev–Trinajstić information content (AvgIpc) is 3.34. The lowest BCUT2D eigenvalue weighted by Crippen LogP contribution is -2.14. The SMILES string of the molecule is CCn1c(SCC(=O)Nc2cccc([N+](=O)[O-])c2)nnc1-c1cc(-c2ccccc2)nc2ccccc12. The molecule has 0 bridgehead atoms. The van der Waals surface area contributed by atoms with Gasteiger partial charge >= 0.3 is 0 Å². The number of nitro benzene ring substituents is 1. The van der Waals surface area contributed by atoms with Gasteiger partial charge in [0.1, 0.15) is 0 Å². The van der Waals surface area contributed by atoms with Crippen molar-refractivity contribution in [1.29, 1.82) is 0 Å². The molecule has 0 unspecified atom stereocenters. The van der Waals surface area contributed by atoms with E-state index in [1.54, 1.807) is 6.07 Å². The van der Waals surface area contributed by atoms with Crippen LogP contribution < -0.4 is 5.32 Å². The first-order chi connectivity index (χ1) is 18.0. The maximum Gasteiger partial charge on any atom is 0.271 e. The van der Waals surface area contributed by atoms with Gasteiger partial charge in [-0.15, -0.1) is 10.2 Å². The van der Waals surface area contributed by atoms with E-state index >= 15 is 0 Å². The zero-order valence-electron chi connectivity index (χ0n) is 19.9. The number of rotatable bonds is 8. The minimum absolute atomic E-state index is 0.0766. The van der Waals surface area contributed by atoms with E-state index in [4.69, 9.17) is 4.98 Å². The van der Waals surface area contributed by atoms with E-state index in [9.17, 15) is 14.9 Å². The molecule has 0 saturated carbocycles. The minimum atomic E-state index is -0.498. The van der Waals surface area contributed by atoms with E-state index in [1.807, 2.05) is 72.2 Å². The highest BCUT2D eigenvalue weighted by Gasteiger charge is 2.18. The predicted molar refractivity (Wildman–Crippen MR) is 144 cm³/mol. The highest BCUT2D eigenvalue weighted by molar-refractivity contribution is 7.99. The Hall–Kier alpha value is -4.57. The Morgan fingerprint density at radius 1 is 1.00 bits per heavy atom. The molecule has 9 nitrogen and oxygen atoms in total. The summed E-state index contributed by atoms with van der Waals surface area (Å²) in [6.07, 6.45) is 0. The van der Waals surface area contributed by atoms with Gasteiger partial charge < -0.3 is 9.88 Å². The first-order valence-electron chi connectivity index (χ1n) is 11.6. The van der Waals surface area contributed by atoms with Gasteiger partial charge in [0.25, 0.3) is 5.69 Å². The Morgan fingerprint density at radius 3 is 2.57 bits per heavy atom. The number of carbonyl (C=O) groups excluding carboxylic acids is 1. The van der Waals surface area contributed by atoms with E-state index in [2.05, 4.69) is 15.5 Å². The van der Waals surface area contributed by atoms with Crippen LogP contribution in [0, 0.1) is 10.1 Å². The van der Waals surface area contributed by atoms with Gasteiger partial charge in [0.05, 0.1) is 21.9 Å². The lowest BCUT2D eigenvalue weighted by molar-refractivity contribution is -0.384. The number of nitro groups is 1. The average molecular weight is 511 g/mol. The quantitative estimate of drug-likeness (QED) is 0.159. The Kier molecular flexibility index (Phi) is 6.91. The third-order valence-corrected chi connectivity index (χ3v) is 6.70. The van der Waals surface area contributed by atoms with Crippen molar-refractivity contribution in [3.63, 3.8) is 0 Å². The zero-order valence-corrected chi connectivity index (χ0v) is 20.7. The van der Waals surface area contributed by atoms with Crippen LogP contribution in [-0.2, 0) is 11.3 Å². The van der Waals surface area contributed by atoms with Crippen LogP contribution in [0.5, 0.6) is 0 Å². The van der Waals surface area contributed by atoms with Crippen molar-refractivity contribution < 1.29 is 9.72 Å². The number of hydrogen-bond donors (Lipinski definition) is 1. The molecule has 0 atom stereocenters. The number of para-hydroxylation sites is 1. The molecule has 0 radical (unpaired) electrons. The van der Waals surface area contributed by atoms with Crippen molar-refractivity contribution in [1.82, 2.24) is 19.7 Å². The van der Waals surface area contributed by atoms with Gasteiger partial charge in [0.2, 0.25) is 5.91 Å². The molecule has 0 saturated heterocycles. The number of pyridine rings is 1. The highest BCUT2D eigenvalue weighted by atomic mass is 32.2. The molecule has 2 aromatic heterocycles. The Labute approximate surface area is 216 Å². The van der Waals surface area contributed by atoms with Crippen molar-refractivity contribution in [3.05, 3.63) is 95.0 Å². The topological polar surface area (TPSA) is 116 Å². The standard InChI is InChI=1S/C27H22N6O3S/c1-2-32-26(22-16-24(18-9-4-3-5-10-18)29-23-14-7-6-13-21(22)23)30-31-27(32)37-17-25(34)28-19-11-8-12-20(15-19)33(35)36/h3-16H,2,17H2,1H3,(H,28,34). The fraction of sp³-hybridized carbons (Fsp3) is 0.111. The van der Waals surface area contributed by atoms with Crippen molar-refractivity contribution >= 4 is 39.9 Å². The van der Waals surface area contributed by atoms with Crippen molar-refractivity contribution in [2.45, 2.75) is 18.6 Å². The summed E-state index contributed by atoms with van der Waals surface area (Å²) in [6, 6.07) is 25.8. The lowest BCUT2D eigenvalue weighted by atomic mass is 10.0. The van der Waals surface area contributed by atoms with Crippen LogP contribution in [0.1, 0.15) is 6.92 Å². The van der Waals surface area contributed by atoms with Crippen LogP contribution in [0.3, 0.4) is 0 Å². The van der Waals surface area contributed by atoms with Gasteiger partial charge in [-0.2, -0.15) is 0 Å². The summed E-state index contributed by atoms with van der Waals surface area (Å²) in [5.41, 5.74) is 3.89. The fourth-order valence-electron chi connectivity index (χ4n) is 4.02. The summed E-state index contributed by atoms with van der Waals surface area (Å²) >= 11 is 1.26. The third-order valence-electron chi connectivity index (χ3n) is 5.73. The van der Waals surface area contributed by atoms with E-state index in [-0.39, 0.29) is 17.3 Å². The van der Waals surface area contributed by atoms with E-state index in [1.165, 1.54) is 30.0 Å². The Bertz CT molecular complexity index is 1600. The molecule has 2 heterocycles. The fourth-order valence-corrected chi connectivity index (χ4v) is 4.82. The summed E-state index contributed by atoms with van der Waals surface area (Å²) in [4.78, 5) is 27.9. The van der Waals surface area contributed by atoms with Crippen LogP contribution in [-0.4, -0.2) is 36.3 Å². The van der Waals surface area contributed by atoms with E-state index in [0.717, 1.165) is 27.7 Å². The van der Waals surface area contributed by atoms with Crippen LogP contribution in [0.25, 0.3) is 33.5 Å². The summed E-state index contributed by atoms with van der Waals surface area (Å²) in [7, 11) is 0. The molecule has 5 rings (SSSR count). The van der Waals surface area contributed by atoms with Crippen LogP contribution in [0.15, 0.2) is 90.1 Å². The molecule has 0 aliphatic heterocycles. The number of nitrogens with zero attached hydrogens (tertiary/aromatic N) is 5. The molecule has 10 heteroatoms. The Morgan fingerprint density at radius 2 is 1.78 bits per heavy atom. The maximum atomic E-state index is 12.6. The number of hydrogen-bond acceptors (Lipinski definition) is 7. The second-order valence-electron chi connectivity index (χ2n) is 8.13. The van der Waals surface area contributed by atoms with Gasteiger partial charge in [0, 0.05) is 40.9 Å². The number of aromatic nitrogens is 4. The number of non-ortho nitro benzene ring substituents is 1. The summed E-state index contributed by atoms with van der Waals surface area (Å²) in [5, 5.41) is 24.1. The normalized spacial score (nSPS) is 10.9. The number of anilines is 1. The molecule has 37 heavy (non-hydrogen) atoms. The van der Waals surface area contributed by atoms with Crippen LogP contribution in [0.4, 0.5) is 11.4 Å². The minimum Gasteiger partial charge on any atom is -0.325 e. The van der Waals surface area contributed by atoms with Crippen LogP contribution in [0.2, 0.25) is 0 Å². The summed E-state index contributed by atoms with van der Waals surface area (Å²) in [6.45, 7) is 2.61. The van der Waals surface area contributed by atoms with Gasteiger partial charge in [-0.1, -0.05) is 66.4 Å². The number of fused-ring (bicyclic) bond motifs is 1. The second kappa shape index (κ2) is 10.6. The second-order valence-corrected chi connectivity index (χ2v) is 9.08. The third kappa shape index (κ3) is 5.19. The molecular formula is C27H22N6O3S. The summed E-state index contributed by atoms with van der Waals surface area (Å²) in [5.74, 6) is 0.478. The predicted octanol–water partition coefficient (Wildman–Crippen LogP) is 5.82. The van der Waals surface area contributed by atoms with Crippen molar-refractivity contribution in [3.8, 4) is 22.6 Å². The van der Waals surface area contributed by atoms with Crippen LogP contribution >= 0.6 is 11.8 Å². The summed E-state index contributed by atoms with van der Waals surface area (Å²) < 4.78 is 1.97. The van der Waals surface area contributed by atoms with Gasteiger partial charge in [-0.25, -0.2) is 4.98 Å². The molecule has 0 aliphatic rings. The van der Waals surface area contributed by atoms with Crippen molar-refractivity contribution in [2.75, 3.05) is 11.1 Å². The zero-order chi connectivity index (χ0) is 25.8. The largest absolute Gasteiger partial charge is 0.325 e. The van der Waals surface area contributed by atoms with Gasteiger partial charge in [-0.3, -0.25) is 14.9 Å². The number of carbonyl (C=O) groups is 1. The molecule has 0 spiro atoms. The first kappa shape index (κ1) is 24.1. The smallest absolute Gasteiger partial charge is 0.271 e. The maximum absolute atomic E-state index is 12.6. The number of benzene rings is 3. The number of thioether (sulfide) groups is 1. The highest BCUT2D eigenvalue weighted by Crippen LogP contribution is 2.33. The first-order valence-corrected chi connectivity index (χ1v) is 12.6. The molecule has 5 aromatic rings. The number of amides is 1. The van der Waals surface area contributed by atoms with Gasteiger partial charge in [-0.05, 0) is 25.1 Å². The molecular weight excluding hydrogens is 488 g/mol. The molecule has 184 valence electrons. The lowest BCUT2D eigenvalue weighted by Gasteiger charge is -2.12. The molecule has 1 N–H and O–H groups in total. The molecule has 3 aromatic carbocycles. The monoisotopic (exact) mass is 510 g/mol. The van der Waals surface area contributed by atoms with Crippen molar-refractivity contribution in [2.24, 2.45) is 0 Å². The Balaban J connectivity index is 1.42. The van der Waals surface area contributed by atoms with Gasteiger partial charge in [0.15, 0.2) is 11.0 Å². The number of nitrogens with one attached hydrogen (secondary N) is 1. The molecule has 0 aliphatic carbocycles. The molecule has 0 fully saturated rings. The van der Waals surface area contributed by atoms with E-state index in [0.29, 0.717) is 23.2 Å².